The smallest absolute Gasteiger partial charge is 0.327 e. The zero-order valence-corrected chi connectivity index (χ0v) is 11.4. The van der Waals surface area contributed by atoms with Crippen molar-refractivity contribution in [1.29, 1.82) is 0 Å². The summed E-state index contributed by atoms with van der Waals surface area (Å²) in [5, 5.41) is 2.97. The number of aryl methyl sites for hydroxylation is 1. The number of carbonyl (C=O) groups excluding carboxylic acids is 1. The number of likely N-dealkylation sites (N-methyl/N-ethyl adjacent to an activating group) is 1. The fourth-order valence-corrected chi connectivity index (χ4v) is 1.82. The Kier molecular flexibility index (Phi) is 5.65. The number of hydrogen-bond acceptors (Lipinski definition) is 4. The Morgan fingerprint density at radius 1 is 1.33 bits per heavy atom. The standard InChI is InChI=1S/C14H21NO3/c1-5-17-12-8-7-11(9-10(12)3)13(15-4)14(16)18-6-2/h7-9,13,15H,5-6H2,1-4H3. The molecule has 1 unspecified atom stereocenters. The predicted octanol–water partition coefficient (Wildman–Crippen LogP) is 2.22. The molecule has 1 aromatic carbocycles. The first-order valence-electron chi connectivity index (χ1n) is 6.21. The summed E-state index contributed by atoms with van der Waals surface area (Å²) in [6.45, 7) is 6.73. The molecule has 18 heavy (non-hydrogen) atoms. The van der Waals surface area contributed by atoms with Crippen molar-refractivity contribution < 1.29 is 14.3 Å². The largest absolute Gasteiger partial charge is 0.494 e. The Balaban J connectivity index is 2.93. The first-order valence-corrected chi connectivity index (χ1v) is 6.21. The number of rotatable bonds is 6. The van der Waals surface area contributed by atoms with Crippen LogP contribution in [0.25, 0.3) is 0 Å². The Bertz CT molecular complexity index is 404. The van der Waals surface area contributed by atoms with E-state index < -0.39 is 6.04 Å². The number of esters is 1. The average molecular weight is 251 g/mol. The third kappa shape index (κ3) is 3.47. The van der Waals surface area contributed by atoms with Gasteiger partial charge in [0.2, 0.25) is 0 Å². The summed E-state index contributed by atoms with van der Waals surface area (Å²) in [7, 11) is 1.74. The third-order valence-corrected chi connectivity index (χ3v) is 2.64. The third-order valence-electron chi connectivity index (χ3n) is 2.64. The molecule has 0 saturated carbocycles. The van der Waals surface area contributed by atoms with Crippen LogP contribution in [0.5, 0.6) is 5.75 Å². The van der Waals surface area contributed by atoms with Gasteiger partial charge in [-0.25, -0.2) is 4.79 Å². The molecule has 0 saturated heterocycles. The molecule has 0 fully saturated rings. The molecule has 1 rings (SSSR count). The second kappa shape index (κ2) is 7.01. The van der Waals surface area contributed by atoms with Crippen LogP contribution in [0.2, 0.25) is 0 Å². The van der Waals surface area contributed by atoms with Gasteiger partial charge in [0.1, 0.15) is 11.8 Å². The highest BCUT2D eigenvalue weighted by atomic mass is 16.5. The highest BCUT2D eigenvalue weighted by Gasteiger charge is 2.20. The van der Waals surface area contributed by atoms with Crippen LogP contribution in [-0.2, 0) is 9.53 Å². The van der Waals surface area contributed by atoms with E-state index in [1.54, 1.807) is 14.0 Å². The minimum Gasteiger partial charge on any atom is -0.494 e. The van der Waals surface area contributed by atoms with E-state index in [9.17, 15) is 4.79 Å². The number of nitrogens with one attached hydrogen (secondary N) is 1. The first-order chi connectivity index (χ1) is 8.63. The molecule has 4 nitrogen and oxygen atoms in total. The lowest BCUT2D eigenvalue weighted by Crippen LogP contribution is -2.27. The van der Waals surface area contributed by atoms with Crippen LogP contribution < -0.4 is 10.1 Å². The van der Waals surface area contributed by atoms with Crippen LogP contribution >= 0.6 is 0 Å². The maximum atomic E-state index is 11.8. The van der Waals surface area contributed by atoms with E-state index in [-0.39, 0.29) is 5.97 Å². The maximum Gasteiger partial charge on any atom is 0.327 e. The van der Waals surface area contributed by atoms with E-state index in [2.05, 4.69) is 5.32 Å². The Labute approximate surface area is 108 Å². The van der Waals surface area contributed by atoms with Crippen molar-refractivity contribution in [2.45, 2.75) is 26.8 Å². The Morgan fingerprint density at radius 2 is 2.06 bits per heavy atom. The summed E-state index contributed by atoms with van der Waals surface area (Å²) in [6.07, 6.45) is 0. The number of hydrogen-bond donors (Lipinski definition) is 1. The van der Waals surface area contributed by atoms with Crippen molar-refractivity contribution in [2.75, 3.05) is 20.3 Å². The van der Waals surface area contributed by atoms with Crippen LogP contribution in [0.3, 0.4) is 0 Å². The molecule has 0 heterocycles. The molecule has 0 radical (unpaired) electrons. The van der Waals surface area contributed by atoms with Crippen LogP contribution in [0.4, 0.5) is 0 Å². The molecule has 0 aliphatic carbocycles. The Hall–Kier alpha value is -1.55. The topological polar surface area (TPSA) is 47.6 Å². The summed E-state index contributed by atoms with van der Waals surface area (Å²) in [5.74, 6) is 0.587. The highest BCUT2D eigenvalue weighted by Crippen LogP contribution is 2.23. The van der Waals surface area contributed by atoms with Crippen molar-refractivity contribution in [1.82, 2.24) is 5.32 Å². The molecule has 0 aromatic heterocycles. The molecule has 0 bridgehead atoms. The molecule has 0 spiro atoms. The molecule has 4 heteroatoms. The fraction of sp³-hybridized carbons (Fsp3) is 0.500. The average Bonchev–Trinajstić information content (AvgIpc) is 2.34. The monoisotopic (exact) mass is 251 g/mol. The van der Waals surface area contributed by atoms with Crippen LogP contribution in [0.1, 0.15) is 31.0 Å². The molecule has 100 valence electrons. The molecule has 1 N–H and O–H groups in total. The van der Waals surface area contributed by atoms with Gasteiger partial charge in [-0.15, -0.1) is 0 Å². The lowest BCUT2D eigenvalue weighted by Gasteiger charge is -2.16. The summed E-state index contributed by atoms with van der Waals surface area (Å²) < 4.78 is 10.5. The molecule has 1 atom stereocenters. The quantitative estimate of drug-likeness (QED) is 0.787. The van der Waals surface area contributed by atoms with E-state index in [1.165, 1.54) is 0 Å². The number of ether oxygens (including phenoxy) is 2. The molecular formula is C14H21NO3. The van der Waals surface area contributed by atoms with E-state index in [4.69, 9.17) is 9.47 Å². The van der Waals surface area contributed by atoms with Crippen LogP contribution in [-0.4, -0.2) is 26.2 Å². The van der Waals surface area contributed by atoms with Gasteiger partial charge in [-0.3, -0.25) is 0 Å². The van der Waals surface area contributed by atoms with Gasteiger partial charge in [0.05, 0.1) is 13.2 Å². The van der Waals surface area contributed by atoms with E-state index in [0.29, 0.717) is 13.2 Å². The zero-order chi connectivity index (χ0) is 13.5. The number of benzene rings is 1. The van der Waals surface area contributed by atoms with Crippen molar-refractivity contribution in [3.05, 3.63) is 29.3 Å². The van der Waals surface area contributed by atoms with Gasteiger partial charge in [0.15, 0.2) is 0 Å². The maximum absolute atomic E-state index is 11.8. The molecule has 0 aliphatic heterocycles. The van der Waals surface area contributed by atoms with Crippen molar-refractivity contribution in [3.63, 3.8) is 0 Å². The summed E-state index contributed by atoms with van der Waals surface area (Å²) >= 11 is 0. The lowest BCUT2D eigenvalue weighted by atomic mass is 10.0. The van der Waals surface area contributed by atoms with Gasteiger partial charge >= 0.3 is 5.97 Å². The fourth-order valence-electron chi connectivity index (χ4n) is 1.82. The van der Waals surface area contributed by atoms with Crippen LogP contribution in [0.15, 0.2) is 18.2 Å². The minimum atomic E-state index is -0.431. The second-order valence-corrected chi connectivity index (χ2v) is 3.93. The van der Waals surface area contributed by atoms with Gasteiger partial charge < -0.3 is 14.8 Å². The van der Waals surface area contributed by atoms with Crippen LogP contribution in [0, 0.1) is 6.92 Å². The van der Waals surface area contributed by atoms with Crippen molar-refractivity contribution in [2.24, 2.45) is 0 Å². The van der Waals surface area contributed by atoms with Gasteiger partial charge in [-0.2, -0.15) is 0 Å². The summed E-state index contributed by atoms with van der Waals surface area (Å²) in [5.41, 5.74) is 1.90. The van der Waals surface area contributed by atoms with E-state index >= 15 is 0 Å². The predicted molar refractivity (Wildman–Crippen MR) is 70.8 cm³/mol. The van der Waals surface area contributed by atoms with E-state index in [0.717, 1.165) is 16.9 Å². The first kappa shape index (κ1) is 14.5. The minimum absolute atomic E-state index is 0.261. The van der Waals surface area contributed by atoms with Gasteiger partial charge in [-0.05, 0) is 45.0 Å². The zero-order valence-electron chi connectivity index (χ0n) is 11.4. The molecule has 0 aliphatic rings. The highest BCUT2D eigenvalue weighted by molar-refractivity contribution is 5.77. The van der Waals surface area contributed by atoms with Crippen molar-refractivity contribution >= 4 is 5.97 Å². The lowest BCUT2D eigenvalue weighted by molar-refractivity contribution is -0.145. The molecule has 0 amide bonds. The van der Waals surface area contributed by atoms with Crippen molar-refractivity contribution in [3.8, 4) is 5.75 Å². The van der Waals surface area contributed by atoms with E-state index in [1.807, 2.05) is 32.0 Å². The summed E-state index contributed by atoms with van der Waals surface area (Å²) in [6, 6.07) is 5.29. The van der Waals surface area contributed by atoms with Gasteiger partial charge in [-0.1, -0.05) is 12.1 Å². The SMILES string of the molecule is CCOC(=O)C(NC)c1ccc(OCC)c(C)c1. The molecule has 1 aromatic rings. The summed E-state index contributed by atoms with van der Waals surface area (Å²) in [4.78, 5) is 11.8. The normalized spacial score (nSPS) is 12.0. The number of carbonyl (C=O) groups is 1. The van der Waals surface area contributed by atoms with Gasteiger partial charge in [0, 0.05) is 0 Å². The molecular weight excluding hydrogens is 230 g/mol. The second-order valence-electron chi connectivity index (χ2n) is 3.93. The van der Waals surface area contributed by atoms with Gasteiger partial charge in [0.25, 0.3) is 0 Å². The Morgan fingerprint density at radius 3 is 2.56 bits per heavy atom.